The molecule has 8 atom stereocenters. The highest BCUT2D eigenvalue weighted by molar-refractivity contribution is 5.84. The Hall–Kier alpha value is -1.09. The summed E-state index contributed by atoms with van der Waals surface area (Å²) in [5.74, 6) is 4.71. The summed E-state index contributed by atoms with van der Waals surface area (Å²) in [6, 6.07) is 4.04. The number of aliphatic hydroxyl groups is 1. The van der Waals surface area contributed by atoms with Crippen LogP contribution in [0.15, 0.2) is 18.3 Å². The number of rotatable bonds is 3. The topological polar surface area (TPSA) is 53.1 Å². The summed E-state index contributed by atoms with van der Waals surface area (Å²) in [6.45, 7) is 4.50. The summed E-state index contributed by atoms with van der Waals surface area (Å²) in [5, 5.41) is 10.6. The van der Waals surface area contributed by atoms with E-state index in [-0.39, 0.29) is 11.3 Å². The van der Waals surface area contributed by atoms with Gasteiger partial charge < -0.3 is 10.1 Å². The Kier molecular flexibility index (Phi) is 4.54. The number of aromatic amines is 1. The van der Waals surface area contributed by atoms with Gasteiger partial charge in [0.25, 0.3) is 0 Å². The molecule has 1 aromatic rings. The fourth-order valence-electron chi connectivity index (χ4n) is 8.40. The summed E-state index contributed by atoms with van der Waals surface area (Å²) in [6.07, 6.45) is 13.3. The first kappa shape index (κ1) is 18.9. The molecular formula is C25H37NO2. The van der Waals surface area contributed by atoms with Gasteiger partial charge in [0.05, 0.1) is 5.60 Å². The van der Waals surface area contributed by atoms with E-state index in [1.807, 2.05) is 25.3 Å². The van der Waals surface area contributed by atoms with Gasteiger partial charge in [0, 0.05) is 24.2 Å². The maximum Gasteiger partial charge on any atom is 0.142 e. The largest absolute Gasteiger partial charge is 0.390 e. The first-order valence-corrected chi connectivity index (χ1v) is 11.7. The number of Topliss-reactive ketones (excluding diaryl/α,β-unsaturated/α-hetero) is 1. The van der Waals surface area contributed by atoms with Crippen LogP contribution in [-0.2, 0) is 11.2 Å². The van der Waals surface area contributed by atoms with Gasteiger partial charge in [0.15, 0.2) is 0 Å². The van der Waals surface area contributed by atoms with Gasteiger partial charge in [-0.25, -0.2) is 0 Å². The second kappa shape index (κ2) is 6.72. The molecule has 0 amide bonds. The smallest absolute Gasteiger partial charge is 0.142 e. The fraction of sp³-hybridized carbons (Fsp3) is 0.800. The van der Waals surface area contributed by atoms with Crippen molar-refractivity contribution in [2.24, 2.45) is 40.9 Å². The summed E-state index contributed by atoms with van der Waals surface area (Å²) >= 11 is 0. The van der Waals surface area contributed by atoms with E-state index in [1.165, 1.54) is 38.5 Å². The van der Waals surface area contributed by atoms with Gasteiger partial charge in [-0.2, -0.15) is 0 Å². The second-order valence-corrected chi connectivity index (χ2v) is 11.2. The first-order chi connectivity index (χ1) is 13.4. The lowest BCUT2D eigenvalue weighted by atomic mass is 9.49. The Labute approximate surface area is 169 Å². The van der Waals surface area contributed by atoms with Gasteiger partial charge in [-0.3, -0.25) is 4.79 Å². The molecule has 0 bridgehead atoms. The highest BCUT2D eigenvalue weighted by atomic mass is 16.3. The van der Waals surface area contributed by atoms with E-state index in [9.17, 15) is 9.90 Å². The number of nitrogens with one attached hydrogen (secondary N) is 1. The van der Waals surface area contributed by atoms with E-state index in [0.717, 1.165) is 54.5 Å². The van der Waals surface area contributed by atoms with Crippen LogP contribution in [0.1, 0.15) is 77.3 Å². The highest BCUT2D eigenvalue weighted by Crippen LogP contribution is 2.64. The molecule has 3 heteroatoms. The zero-order chi connectivity index (χ0) is 19.5. The number of carbonyl (C=O) groups excluding carboxylic acids is 1. The molecule has 1 aromatic heterocycles. The molecule has 2 N–H and O–H groups in total. The van der Waals surface area contributed by atoms with Crippen LogP contribution < -0.4 is 0 Å². The quantitative estimate of drug-likeness (QED) is 0.759. The fourth-order valence-corrected chi connectivity index (χ4v) is 8.40. The summed E-state index contributed by atoms with van der Waals surface area (Å²) < 4.78 is 0. The van der Waals surface area contributed by atoms with Gasteiger partial charge >= 0.3 is 0 Å². The van der Waals surface area contributed by atoms with E-state index in [4.69, 9.17) is 0 Å². The van der Waals surface area contributed by atoms with Gasteiger partial charge in [-0.05, 0) is 112 Å². The highest BCUT2D eigenvalue weighted by Gasteiger charge is 2.58. The lowest BCUT2D eigenvalue weighted by Gasteiger charge is -2.56. The normalized spacial score (nSPS) is 47.8. The van der Waals surface area contributed by atoms with E-state index < -0.39 is 5.60 Å². The Morgan fingerprint density at radius 1 is 1.07 bits per heavy atom. The average molecular weight is 384 g/mol. The molecule has 0 aromatic carbocycles. The number of ketones is 1. The van der Waals surface area contributed by atoms with Crippen molar-refractivity contribution in [3.05, 3.63) is 24.0 Å². The summed E-state index contributed by atoms with van der Waals surface area (Å²) in [4.78, 5) is 16.4. The molecule has 0 spiro atoms. The molecule has 154 valence electrons. The molecule has 5 rings (SSSR count). The molecule has 0 aliphatic heterocycles. The Bertz CT molecular complexity index is 723. The third-order valence-electron chi connectivity index (χ3n) is 9.65. The molecule has 4 saturated carbocycles. The van der Waals surface area contributed by atoms with Crippen LogP contribution in [0.2, 0.25) is 0 Å². The molecular weight excluding hydrogens is 346 g/mol. The van der Waals surface area contributed by atoms with E-state index in [1.54, 1.807) is 0 Å². The molecule has 4 fully saturated rings. The summed E-state index contributed by atoms with van der Waals surface area (Å²) in [7, 11) is 0. The van der Waals surface area contributed by atoms with Crippen molar-refractivity contribution < 1.29 is 9.90 Å². The molecule has 28 heavy (non-hydrogen) atoms. The van der Waals surface area contributed by atoms with Crippen molar-refractivity contribution >= 4 is 5.78 Å². The maximum absolute atomic E-state index is 13.2. The maximum atomic E-state index is 13.2. The molecule has 0 unspecified atom stereocenters. The van der Waals surface area contributed by atoms with Crippen LogP contribution >= 0.6 is 0 Å². The minimum absolute atomic E-state index is 0.220. The predicted molar refractivity (Wildman–Crippen MR) is 111 cm³/mol. The molecule has 0 saturated heterocycles. The standard InChI is InChI=1S/C25H37NO2/c1-24(28)11-9-18-16(15-24)5-6-20-19(18)10-12-25(2)21(20)7-8-22(25)23(27)14-17-4-3-13-26-17/h3-4,13,16,18-22,26,28H,5-12,14-15H2,1-2H3/t16-,18+,19-,20-,21+,22-,24-,25+/m1/s1. The lowest BCUT2D eigenvalue weighted by Crippen LogP contribution is -2.51. The zero-order valence-corrected chi connectivity index (χ0v) is 17.6. The van der Waals surface area contributed by atoms with Crippen molar-refractivity contribution in [3.8, 4) is 0 Å². The van der Waals surface area contributed by atoms with Crippen LogP contribution in [0.5, 0.6) is 0 Å². The predicted octanol–water partition coefficient (Wildman–Crippen LogP) is 5.15. The number of carbonyl (C=O) groups is 1. The lowest BCUT2D eigenvalue weighted by molar-refractivity contribution is -0.131. The first-order valence-electron chi connectivity index (χ1n) is 11.7. The minimum atomic E-state index is -0.431. The third-order valence-corrected chi connectivity index (χ3v) is 9.65. The third kappa shape index (κ3) is 3.00. The van der Waals surface area contributed by atoms with E-state index in [2.05, 4.69) is 11.9 Å². The Balaban J connectivity index is 1.32. The van der Waals surface area contributed by atoms with Crippen LogP contribution in [0, 0.1) is 40.9 Å². The van der Waals surface area contributed by atoms with Crippen molar-refractivity contribution in [1.29, 1.82) is 0 Å². The number of aromatic nitrogens is 1. The molecule has 0 radical (unpaired) electrons. The van der Waals surface area contributed by atoms with Crippen LogP contribution in [0.4, 0.5) is 0 Å². The number of H-pyrrole nitrogens is 1. The molecule has 3 nitrogen and oxygen atoms in total. The van der Waals surface area contributed by atoms with Crippen LogP contribution in [-0.4, -0.2) is 21.5 Å². The number of hydrogen-bond donors (Lipinski definition) is 2. The Morgan fingerprint density at radius 3 is 2.68 bits per heavy atom. The minimum Gasteiger partial charge on any atom is -0.390 e. The molecule has 1 heterocycles. The van der Waals surface area contributed by atoms with Gasteiger partial charge in [-0.15, -0.1) is 0 Å². The van der Waals surface area contributed by atoms with Crippen LogP contribution in [0.3, 0.4) is 0 Å². The van der Waals surface area contributed by atoms with Crippen molar-refractivity contribution in [1.82, 2.24) is 4.98 Å². The average Bonchev–Trinajstić information content (AvgIpc) is 3.27. The molecule has 4 aliphatic rings. The second-order valence-electron chi connectivity index (χ2n) is 11.2. The van der Waals surface area contributed by atoms with Crippen molar-refractivity contribution in [3.63, 3.8) is 0 Å². The monoisotopic (exact) mass is 383 g/mol. The van der Waals surface area contributed by atoms with Crippen LogP contribution in [0.25, 0.3) is 0 Å². The van der Waals surface area contributed by atoms with Gasteiger partial charge in [0.1, 0.15) is 5.78 Å². The SMILES string of the molecule is C[C@@]1(O)CC[C@H]2[C@H](CC[C@@H]3[C@@H]2CC[C@]2(C)[C@@H](C(=O)Cc4ccc[nH]4)CC[C@@H]32)C1. The van der Waals surface area contributed by atoms with Gasteiger partial charge in [0.2, 0.25) is 0 Å². The van der Waals surface area contributed by atoms with Gasteiger partial charge in [-0.1, -0.05) is 6.92 Å². The number of hydrogen-bond acceptors (Lipinski definition) is 2. The van der Waals surface area contributed by atoms with E-state index >= 15 is 0 Å². The summed E-state index contributed by atoms with van der Waals surface area (Å²) in [5.41, 5.74) is 0.859. The van der Waals surface area contributed by atoms with E-state index in [0.29, 0.717) is 12.2 Å². The number of fused-ring (bicyclic) bond motifs is 5. The zero-order valence-electron chi connectivity index (χ0n) is 17.6. The molecule has 4 aliphatic carbocycles. The van der Waals surface area contributed by atoms with Crippen molar-refractivity contribution in [2.75, 3.05) is 0 Å². The van der Waals surface area contributed by atoms with Crippen molar-refractivity contribution in [2.45, 2.75) is 83.7 Å². The Morgan fingerprint density at radius 2 is 1.89 bits per heavy atom.